The lowest BCUT2D eigenvalue weighted by atomic mass is 9.99. The van der Waals surface area contributed by atoms with E-state index in [1.807, 2.05) is 24.4 Å². The zero-order valence-corrected chi connectivity index (χ0v) is 13.9. The Morgan fingerprint density at radius 1 is 1.24 bits per heavy atom. The summed E-state index contributed by atoms with van der Waals surface area (Å²) in [5.41, 5.74) is 3.35. The van der Waals surface area contributed by atoms with E-state index in [0.717, 1.165) is 30.6 Å². The third kappa shape index (κ3) is 4.44. The Labute approximate surface area is 136 Å². The average molecular weight is 323 g/mol. The van der Waals surface area contributed by atoms with Gasteiger partial charge in [-0.15, -0.1) is 0 Å². The fraction of sp³-hybridized carbons (Fsp3) is 0.353. The molecule has 0 fully saturated rings. The Kier molecular flexibility index (Phi) is 6.04. The molecule has 0 amide bonds. The molecule has 0 saturated carbocycles. The summed E-state index contributed by atoms with van der Waals surface area (Å²) in [5.74, 6) is 0. The highest BCUT2D eigenvalue weighted by atomic mass is 35.5. The van der Waals surface area contributed by atoms with Gasteiger partial charge in [0.2, 0.25) is 0 Å². The molecular formula is C17H20Cl2N2. The molecule has 0 spiro atoms. The predicted molar refractivity (Wildman–Crippen MR) is 90.2 cm³/mol. The highest BCUT2D eigenvalue weighted by Gasteiger charge is 2.16. The molecular weight excluding hydrogens is 303 g/mol. The fourth-order valence-corrected chi connectivity index (χ4v) is 2.84. The normalized spacial score (nSPS) is 12.4. The molecule has 1 unspecified atom stereocenters. The van der Waals surface area contributed by atoms with E-state index >= 15 is 0 Å². The standard InChI is InChI=1S/C17H20Cl2N2/c1-3-8-20-16(17-12(2)5-4-9-21-17)10-13-6-7-14(18)11-15(13)19/h4-7,9,11,16,20H,3,8,10H2,1-2H3. The molecule has 2 rings (SSSR count). The van der Waals surface area contributed by atoms with Crippen molar-refractivity contribution in [1.29, 1.82) is 0 Å². The Hall–Kier alpha value is -1.09. The van der Waals surface area contributed by atoms with Crippen LogP contribution in [0.1, 0.15) is 36.2 Å². The smallest absolute Gasteiger partial charge is 0.0605 e. The molecule has 0 radical (unpaired) electrons. The van der Waals surface area contributed by atoms with Crippen molar-refractivity contribution in [1.82, 2.24) is 10.3 Å². The van der Waals surface area contributed by atoms with Crippen molar-refractivity contribution in [2.75, 3.05) is 6.54 Å². The van der Waals surface area contributed by atoms with E-state index in [1.54, 1.807) is 6.07 Å². The van der Waals surface area contributed by atoms with E-state index in [-0.39, 0.29) is 6.04 Å². The number of hydrogen-bond acceptors (Lipinski definition) is 2. The molecule has 0 saturated heterocycles. The summed E-state index contributed by atoms with van der Waals surface area (Å²) in [6.45, 7) is 5.20. The van der Waals surface area contributed by atoms with Gasteiger partial charge >= 0.3 is 0 Å². The van der Waals surface area contributed by atoms with Crippen molar-refractivity contribution in [3.63, 3.8) is 0 Å². The van der Waals surface area contributed by atoms with Crippen LogP contribution in [0.3, 0.4) is 0 Å². The summed E-state index contributed by atoms with van der Waals surface area (Å²) in [6, 6.07) is 9.87. The minimum absolute atomic E-state index is 0.157. The Bertz CT molecular complexity index is 599. The van der Waals surface area contributed by atoms with E-state index in [9.17, 15) is 0 Å². The van der Waals surface area contributed by atoms with Gasteiger partial charge in [0.15, 0.2) is 0 Å². The van der Waals surface area contributed by atoms with Gasteiger partial charge in [-0.1, -0.05) is 42.3 Å². The maximum absolute atomic E-state index is 6.30. The van der Waals surface area contributed by atoms with Crippen LogP contribution in [0.5, 0.6) is 0 Å². The first-order valence-corrected chi connectivity index (χ1v) is 7.96. The van der Waals surface area contributed by atoms with Crippen molar-refractivity contribution < 1.29 is 0 Å². The molecule has 2 aromatic rings. The Morgan fingerprint density at radius 3 is 2.71 bits per heavy atom. The van der Waals surface area contributed by atoms with Gasteiger partial charge in [0.25, 0.3) is 0 Å². The maximum Gasteiger partial charge on any atom is 0.0605 e. The number of halogens is 2. The van der Waals surface area contributed by atoms with Crippen LogP contribution in [0.15, 0.2) is 36.5 Å². The molecule has 0 aliphatic rings. The summed E-state index contributed by atoms with van der Waals surface area (Å²) < 4.78 is 0. The molecule has 21 heavy (non-hydrogen) atoms. The van der Waals surface area contributed by atoms with Gasteiger partial charge in [-0.3, -0.25) is 4.98 Å². The van der Waals surface area contributed by atoms with Gasteiger partial charge in [0.1, 0.15) is 0 Å². The molecule has 1 heterocycles. The average Bonchev–Trinajstić information content (AvgIpc) is 2.46. The molecule has 0 aliphatic heterocycles. The number of aromatic nitrogens is 1. The second-order valence-electron chi connectivity index (χ2n) is 5.15. The monoisotopic (exact) mass is 322 g/mol. The van der Waals surface area contributed by atoms with Crippen molar-refractivity contribution in [2.45, 2.75) is 32.7 Å². The van der Waals surface area contributed by atoms with Gasteiger partial charge < -0.3 is 5.32 Å². The van der Waals surface area contributed by atoms with Crippen molar-refractivity contribution in [2.24, 2.45) is 0 Å². The van der Waals surface area contributed by atoms with Crippen molar-refractivity contribution in [3.05, 3.63) is 63.4 Å². The first-order valence-electron chi connectivity index (χ1n) is 7.20. The molecule has 2 nitrogen and oxygen atoms in total. The molecule has 1 atom stereocenters. The fourth-order valence-electron chi connectivity index (χ4n) is 2.35. The third-order valence-corrected chi connectivity index (χ3v) is 4.05. The highest BCUT2D eigenvalue weighted by Crippen LogP contribution is 2.26. The lowest BCUT2D eigenvalue weighted by molar-refractivity contribution is 0.515. The highest BCUT2D eigenvalue weighted by molar-refractivity contribution is 6.35. The van der Waals surface area contributed by atoms with Crippen LogP contribution in [0, 0.1) is 6.92 Å². The second kappa shape index (κ2) is 7.79. The van der Waals surface area contributed by atoms with E-state index in [2.05, 4.69) is 30.2 Å². The summed E-state index contributed by atoms with van der Waals surface area (Å²) in [5, 5.41) is 4.93. The number of aryl methyl sites for hydroxylation is 1. The molecule has 0 bridgehead atoms. The summed E-state index contributed by atoms with van der Waals surface area (Å²) in [4.78, 5) is 4.54. The van der Waals surface area contributed by atoms with Crippen LogP contribution in [-0.4, -0.2) is 11.5 Å². The lowest BCUT2D eigenvalue weighted by Crippen LogP contribution is -2.25. The number of pyridine rings is 1. The van der Waals surface area contributed by atoms with Gasteiger partial charge in [-0.25, -0.2) is 0 Å². The first-order chi connectivity index (χ1) is 10.1. The van der Waals surface area contributed by atoms with Gasteiger partial charge in [-0.05, 0) is 55.6 Å². The van der Waals surface area contributed by atoms with Crippen LogP contribution in [0.4, 0.5) is 0 Å². The minimum Gasteiger partial charge on any atom is -0.308 e. The SMILES string of the molecule is CCCNC(Cc1ccc(Cl)cc1Cl)c1ncccc1C. The first kappa shape index (κ1) is 16.3. The van der Waals surface area contributed by atoms with E-state index in [4.69, 9.17) is 23.2 Å². The molecule has 1 aromatic carbocycles. The molecule has 1 aromatic heterocycles. The Balaban J connectivity index is 2.26. The quantitative estimate of drug-likeness (QED) is 0.811. The summed E-state index contributed by atoms with van der Waals surface area (Å²) in [6.07, 6.45) is 3.72. The van der Waals surface area contributed by atoms with Crippen molar-refractivity contribution >= 4 is 23.2 Å². The predicted octanol–water partition coefficient (Wildman–Crippen LogP) is 4.98. The van der Waals surface area contributed by atoms with Crippen LogP contribution >= 0.6 is 23.2 Å². The van der Waals surface area contributed by atoms with Gasteiger partial charge in [0, 0.05) is 16.2 Å². The summed E-state index contributed by atoms with van der Waals surface area (Å²) >= 11 is 12.3. The summed E-state index contributed by atoms with van der Waals surface area (Å²) in [7, 11) is 0. The number of rotatable bonds is 6. The molecule has 1 N–H and O–H groups in total. The van der Waals surface area contributed by atoms with Crippen LogP contribution < -0.4 is 5.32 Å². The van der Waals surface area contributed by atoms with E-state index < -0.39 is 0 Å². The zero-order chi connectivity index (χ0) is 15.2. The number of nitrogens with zero attached hydrogens (tertiary/aromatic N) is 1. The van der Waals surface area contributed by atoms with Crippen LogP contribution in [0.25, 0.3) is 0 Å². The van der Waals surface area contributed by atoms with Crippen LogP contribution in [-0.2, 0) is 6.42 Å². The molecule has 0 aliphatic carbocycles. The zero-order valence-electron chi connectivity index (χ0n) is 12.4. The largest absolute Gasteiger partial charge is 0.308 e. The topological polar surface area (TPSA) is 24.9 Å². The van der Waals surface area contributed by atoms with E-state index in [0.29, 0.717) is 10.0 Å². The van der Waals surface area contributed by atoms with Gasteiger partial charge in [0.05, 0.1) is 11.7 Å². The third-order valence-electron chi connectivity index (χ3n) is 3.46. The Morgan fingerprint density at radius 2 is 2.05 bits per heavy atom. The van der Waals surface area contributed by atoms with Crippen molar-refractivity contribution in [3.8, 4) is 0 Å². The second-order valence-corrected chi connectivity index (χ2v) is 6.00. The maximum atomic E-state index is 6.30. The lowest BCUT2D eigenvalue weighted by Gasteiger charge is -2.20. The molecule has 112 valence electrons. The van der Waals surface area contributed by atoms with Gasteiger partial charge in [-0.2, -0.15) is 0 Å². The minimum atomic E-state index is 0.157. The van der Waals surface area contributed by atoms with E-state index in [1.165, 1.54) is 5.56 Å². The van der Waals surface area contributed by atoms with Crippen LogP contribution in [0.2, 0.25) is 10.0 Å². The number of nitrogens with one attached hydrogen (secondary N) is 1. The molecule has 4 heteroatoms. The number of hydrogen-bond donors (Lipinski definition) is 1. The number of benzene rings is 1.